The number of hydrogen-bond donors (Lipinski definition) is 1. The standard InChI is InChI=1S/C31H24Cl3N3O4/c1-37-26-11-16(7-9-19(26)29(35-37)31(38)39)20-13-21(20)18-10-8-17(12-25(18)34)40-14-22-28(36-41-30(22)15-5-6-15)27-23(32)3-2-4-24(27)33/h2-4,7-12,15,20-21H,5-6,13-14H2,1H3,(H,38,39)/t20-,21+/m1/s1/i14D/t14?,20-,21+. The summed E-state index contributed by atoms with van der Waals surface area (Å²) in [7, 11) is 1.75. The molecule has 7 nitrogen and oxygen atoms in total. The zero-order chi connectivity index (χ0) is 29.3. The maximum absolute atomic E-state index is 11.5. The molecule has 0 spiro atoms. The van der Waals surface area contributed by atoms with Crippen LogP contribution in [0, 0.1) is 0 Å². The molecule has 0 saturated heterocycles. The number of rotatable bonds is 8. The Kier molecular flexibility index (Phi) is 6.20. The fourth-order valence-electron chi connectivity index (χ4n) is 5.55. The van der Waals surface area contributed by atoms with Gasteiger partial charge in [0.25, 0.3) is 0 Å². The number of fused-ring (bicyclic) bond motifs is 1. The molecule has 5 aromatic rings. The number of carboxylic acid groups (broad SMARTS) is 1. The average molecular weight is 610 g/mol. The zero-order valence-electron chi connectivity index (χ0n) is 22.8. The first-order valence-electron chi connectivity index (χ1n) is 13.8. The second-order valence-electron chi connectivity index (χ2n) is 10.6. The highest BCUT2D eigenvalue weighted by molar-refractivity contribution is 6.39. The Morgan fingerprint density at radius 2 is 1.88 bits per heavy atom. The van der Waals surface area contributed by atoms with Crippen LogP contribution in [0.5, 0.6) is 5.75 Å². The number of carbonyl (C=O) groups is 1. The molecule has 0 amide bonds. The highest BCUT2D eigenvalue weighted by atomic mass is 35.5. The minimum atomic E-state index is -1.13. The van der Waals surface area contributed by atoms with Crippen molar-refractivity contribution in [3.05, 3.63) is 97.8 Å². The van der Waals surface area contributed by atoms with Crippen LogP contribution in [-0.2, 0) is 13.6 Å². The molecule has 1 N–H and O–H groups in total. The van der Waals surface area contributed by atoms with Crippen LogP contribution in [0.4, 0.5) is 0 Å². The van der Waals surface area contributed by atoms with Crippen molar-refractivity contribution >= 4 is 51.7 Å². The van der Waals surface area contributed by atoms with Crippen LogP contribution in [0.25, 0.3) is 22.2 Å². The van der Waals surface area contributed by atoms with Crippen LogP contribution in [0.15, 0.2) is 59.1 Å². The van der Waals surface area contributed by atoms with Crippen molar-refractivity contribution in [1.82, 2.24) is 14.9 Å². The lowest BCUT2D eigenvalue weighted by molar-refractivity contribution is 0.0691. The Bertz CT molecular complexity index is 1860. The van der Waals surface area contributed by atoms with Crippen molar-refractivity contribution in [2.75, 3.05) is 0 Å². The molecule has 10 heteroatoms. The molecule has 2 fully saturated rings. The summed E-state index contributed by atoms with van der Waals surface area (Å²) in [5, 5.41) is 19.9. The molecule has 208 valence electrons. The quantitative estimate of drug-likeness (QED) is 0.189. The molecule has 3 aromatic carbocycles. The fourth-order valence-corrected chi connectivity index (χ4v) is 6.43. The second kappa shape index (κ2) is 10.1. The molecular formula is C31H24Cl3N3O4. The van der Waals surface area contributed by atoms with E-state index in [0.29, 0.717) is 48.8 Å². The summed E-state index contributed by atoms with van der Waals surface area (Å²) in [5.41, 5.74) is 4.39. The SMILES string of the molecule is [2H]C(Oc1ccc([C@@H]2C[C@@H]2c2ccc3c(C(=O)O)nn(C)c3c2)c(Cl)c1)c1c(-c2c(Cl)cccc2Cl)noc1C1CC1. The van der Waals surface area contributed by atoms with E-state index >= 15 is 0 Å². The van der Waals surface area contributed by atoms with E-state index in [1.54, 1.807) is 36.0 Å². The number of hydrogen-bond acceptors (Lipinski definition) is 5. The first-order chi connectivity index (χ1) is 20.2. The van der Waals surface area contributed by atoms with Gasteiger partial charge in [0, 0.05) is 28.9 Å². The number of aromatic carboxylic acids is 1. The Morgan fingerprint density at radius 3 is 2.59 bits per heavy atom. The number of ether oxygens (including phenoxy) is 1. The van der Waals surface area contributed by atoms with Crippen LogP contribution in [0.3, 0.4) is 0 Å². The molecule has 0 bridgehead atoms. The van der Waals surface area contributed by atoms with Gasteiger partial charge < -0.3 is 14.4 Å². The van der Waals surface area contributed by atoms with Gasteiger partial charge in [-0.1, -0.05) is 64.2 Å². The van der Waals surface area contributed by atoms with Gasteiger partial charge in [-0.15, -0.1) is 0 Å². The smallest absolute Gasteiger partial charge is 0.357 e. The summed E-state index contributed by atoms with van der Waals surface area (Å²) >= 11 is 19.7. The third kappa shape index (κ3) is 4.76. The van der Waals surface area contributed by atoms with Crippen molar-refractivity contribution < 1.29 is 20.5 Å². The highest BCUT2D eigenvalue weighted by Gasteiger charge is 2.41. The molecule has 41 heavy (non-hydrogen) atoms. The normalized spacial score (nSPS) is 19.3. The van der Waals surface area contributed by atoms with Gasteiger partial charge in [0.15, 0.2) is 5.69 Å². The topological polar surface area (TPSA) is 90.4 Å². The van der Waals surface area contributed by atoms with Crippen molar-refractivity contribution in [3.63, 3.8) is 0 Å². The van der Waals surface area contributed by atoms with Crippen molar-refractivity contribution in [2.24, 2.45) is 7.05 Å². The van der Waals surface area contributed by atoms with Gasteiger partial charge in [0.05, 0.1) is 22.5 Å². The van der Waals surface area contributed by atoms with Crippen LogP contribution >= 0.6 is 34.8 Å². The molecule has 0 aliphatic heterocycles. The van der Waals surface area contributed by atoms with Crippen LogP contribution in [0.1, 0.15) is 71.3 Å². The van der Waals surface area contributed by atoms with E-state index in [2.05, 4.69) is 10.3 Å². The lowest BCUT2D eigenvalue weighted by atomic mass is 10.0. The number of nitrogens with zero attached hydrogens (tertiary/aromatic N) is 3. The number of aryl methyl sites for hydroxylation is 1. The van der Waals surface area contributed by atoms with Crippen molar-refractivity contribution in [2.45, 2.75) is 43.6 Å². The van der Waals surface area contributed by atoms with Gasteiger partial charge in [-0.2, -0.15) is 5.10 Å². The first kappa shape index (κ1) is 25.2. The minimum absolute atomic E-state index is 0.0512. The zero-order valence-corrected chi connectivity index (χ0v) is 24.0. The van der Waals surface area contributed by atoms with E-state index in [1.165, 1.54) is 0 Å². The second-order valence-corrected chi connectivity index (χ2v) is 11.8. The largest absolute Gasteiger partial charge is 0.489 e. The minimum Gasteiger partial charge on any atom is -0.489 e. The Hall–Kier alpha value is -3.52. The summed E-state index contributed by atoms with van der Waals surface area (Å²) in [6, 6.07) is 16.5. The van der Waals surface area contributed by atoms with E-state index < -0.39 is 12.6 Å². The van der Waals surface area contributed by atoms with Crippen molar-refractivity contribution in [3.8, 4) is 17.0 Å². The average Bonchev–Trinajstić information content (AvgIpc) is 3.88. The molecule has 2 heterocycles. The summed E-state index contributed by atoms with van der Waals surface area (Å²) in [6.07, 6.45) is 2.84. The van der Waals surface area contributed by atoms with E-state index in [0.717, 1.165) is 35.9 Å². The summed E-state index contributed by atoms with van der Waals surface area (Å²) in [4.78, 5) is 11.5. The molecule has 0 radical (unpaired) electrons. The van der Waals surface area contributed by atoms with Crippen LogP contribution < -0.4 is 4.74 Å². The Morgan fingerprint density at radius 1 is 1.10 bits per heavy atom. The molecule has 2 aliphatic rings. The van der Waals surface area contributed by atoms with Gasteiger partial charge in [-0.25, -0.2) is 4.79 Å². The van der Waals surface area contributed by atoms with E-state index in [9.17, 15) is 9.90 Å². The predicted octanol–water partition coefficient (Wildman–Crippen LogP) is 8.61. The van der Waals surface area contributed by atoms with E-state index in [4.69, 9.17) is 45.4 Å². The molecule has 3 atom stereocenters. The molecular weight excluding hydrogens is 585 g/mol. The monoisotopic (exact) mass is 608 g/mol. The molecule has 7 rings (SSSR count). The van der Waals surface area contributed by atoms with Gasteiger partial charge >= 0.3 is 5.97 Å². The third-order valence-electron chi connectivity index (χ3n) is 7.88. The van der Waals surface area contributed by atoms with Gasteiger partial charge in [0.2, 0.25) is 0 Å². The number of aromatic nitrogens is 3. The predicted molar refractivity (Wildman–Crippen MR) is 157 cm³/mol. The summed E-state index contributed by atoms with van der Waals surface area (Å²) in [5.74, 6) is 0.711. The van der Waals surface area contributed by atoms with Gasteiger partial charge in [0.1, 0.15) is 23.8 Å². The van der Waals surface area contributed by atoms with E-state index in [1.807, 2.05) is 30.3 Å². The van der Waals surface area contributed by atoms with Crippen LogP contribution in [-0.4, -0.2) is 26.0 Å². The third-order valence-corrected chi connectivity index (χ3v) is 8.84. The summed E-state index contributed by atoms with van der Waals surface area (Å²) < 4.78 is 22.3. The Balaban J connectivity index is 1.13. The van der Waals surface area contributed by atoms with Crippen molar-refractivity contribution in [1.29, 1.82) is 0 Å². The molecule has 2 aliphatic carbocycles. The van der Waals surface area contributed by atoms with Gasteiger partial charge in [-0.05, 0) is 72.6 Å². The maximum atomic E-state index is 11.5. The summed E-state index contributed by atoms with van der Waals surface area (Å²) in [6.45, 7) is -1.13. The Labute approximate surface area is 252 Å². The van der Waals surface area contributed by atoms with Crippen LogP contribution in [0.2, 0.25) is 15.1 Å². The fraction of sp³-hybridized carbons (Fsp3) is 0.258. The molecule has 2 aromatic heterocycles. The van der Waals surface area contributed by atoms with E-state index in [-0.39, 0.29) is 23.4 Å². The lowest BCUT2D eigenvalue weighted by Gasteiger charge is -2.11. The highest BCUT2D eigenvalue weighted by Crippen LogP contribution is 2.56. The first-order valence-corrected chi connectivity index (χ1v) is 14.4. The molecule has 1 unspecified atom stereocenters. The lowest BCUT2D eigenvalue weighted by Crippen LogP contribution is -2.00. The number of halogens is 3. The number of carboxylic acids is 1. The molecule has 2 saturated carbocycles. The maximum Gasteiger partial charge on any atom is 0.357 e. The number of benzene rings is 3. The van der Waals surface area contributed by atoms with Gasteiger partial charge in [-0.3, -0.25) is 4.68 Å².